The lowest BCUT2D eigenvalue weighted by molar-refractivity contribution is -0.572. The summed E-state index contributed by atoms with van der Waals surface area (Å²) in [6.45, 7) is 4.39. The quantitative estimate of drug-likeness (QED) is 0.0952. The fourth-order valence-electron chi connectivity index (χ4n) is 9.72. The number of fused-ring (bicyclic) bond motifs is 2. The minimum absolute atomic E-state index is 0.643. The molecule has 0 unspecified atom stereocenters. The Morgan fingerprint density at radius 3 is 1.26 bits per heavy atom. The Kier molecular flexibility index (Phi) is 11.0. The minimum atomic E-state index is 0.643. The first-order valence-corrected chi connectivity index (χ1v) is 23.8. The van der Waals surface area contributed by atoms with Gasteiger partial charge in [-0.2, -0.15) is 0 Å². The molecular formula is C58H50N8O2. The van der Waals surface area contributed by atoms with E-state index in [4.69, 9.17) is 9.47 Å². The highest BCUT2D eigenvalue weighted by molar-refractivity contribution is 5.76. The molecule has 6 aromatic carbocycles. The van der Waals surface area contributed by atoms with Gasteiger partial charge in [-0.25, -0.2) is 0 Å². The first-order chi connectivity index (χ1) is 33.7. The Morgan fingerprint density at radius 2 is 0.794 bits per heavy atom. The Hall–Kier alpha value is -8.24. The third kappa shape index (κ3) is 8.30. The molecule has 10 heteroatoms. The Bertz CT molecular complexity index is 3190. The molecule has 0 saturated carbocycles. The third-order valence-electron chi connectivity index (χ3n) is 13.1. The molecule has 4 aromatic heterocycles. The van der Waals surface area contributed by atoms with Crippen LogP contribution in [-0.4, -0.2) is 45.3 Å². The van der Waals surface area contributed by atoms with E-state index in [1.54, 1.807) is 12.4 Å². The molecule has 2 aliphatic rings. The van der Waals surface area contributed by atoms with E-state index in [9.17, 15) is 0 Å². The van der Waals surface area contributed by atoms with Crippen molar-refractivity contribution < 1.29 is 18.6 Å². The molecule has 6 heterocycles. The highest BCUT2D eigenvalue weighted by Gasteiger charge is 2.18. The molecule has 0 N–H and O–H groups in total. The molecule has 0 radical (unpaired) electrons. The largest absolute Gasteiger partial charge is 0.458 e. The van der Waals surface area contributed by atoms with Gasteiger partial charge in [-0.05, 0) is 123 Å². The number of anilines is 2. The highest BCUT2D eigenvalue weighted by Crippen LogP contribution is 2.31. The average molecular weight is 891 g/mol. The number of nitrogens with zero attached hydrogens (tertiary/aromatic N) is 8. The van der Waals surface area contributed by atoms with Gasteiger partial charge in [-0.15, -0.1) is 0 Å². The van der Waals surface area contributed by atoms with Gasteiger partial charge < -0.3 is 19.3 Å². The van der Waals surface area contributed by atoms with Crippen molar-refractivity contribution in [2.45, 2.75) is 38.5 Å². The van der Waals surface area contributed by atoms with Crippen LogP contribution in [0.3, 0.4) is 0 Å². The molecule has 2 saturated heterocycles. The summed E-state index contributed by atoms with van der Waals surface area (Å²) in [4.78, 5) is 14.4. The first-order valence-electron chi connectivity index (χ1n) is 23.8. The van der Waals surface area contributed by atoms with Crippen LogP contribution in [0.4, 0.5) is 11.4 Å². The van der Waals surface area contributed by atoms with Gasteiger partial charge in [0.05, 0.1) is 56.2 Å². The molecule has 68 heavy (non-hydrogen) atoms. The van der Waals surface area contributed by atoms with Crippen LogP contribution in [0.2, 0.25) is 0 Å². The number of pyridine rings is 2. The molecule has 10 nitrogen and oxygen atoms in total. The second-order valence-corrected chi connectivity index (χ2v) is 17.6. The van der Waals surface area contributed by atoms with E-state index in [0.29, 0.717) is 34.4 Å². The molecule has 0 aliphatic carbocycles. The SMILES string of the molecule is [c-]1n(-c2cccc(N3CCCCC3)c2)c2ccccc2[n+]1-c1cccc(Oc2ccnc(-c3cc(Oc4cccc(-[n+]5[c-]n(-c6cccc(N7CCCCC7)c6)c6ccccc65)c4)ccn3)c2)c1. The Labute approximate surface area is 396 Å². The number of ether oxygens (including phenoxy) is 2. The standard InChI is InChI=1S/C58H50N8O2/c1-7-31-61(32-8-1)43-15-11-17-45(35-43)63-41-65(57-25-5-3-23-55(57)63)47-19-13-21-49(37-47)67-51-27-29-59-53(39-51)54-40-52(28-30-60-54)68-50-22-14-20-48(38-50)66-42-64(56-24-4-6-26-58(56)66)46-18-12-16-44(36-46)62-33-9-2-10-34-62/h3-6,11-30,35-40H,1-2,7-10,31-34H2. The second-order valence-electron chi connectivity index (χ2n) is 17.6. The predicted octanol–water partition coefficient (Wildman–Crippen LogP) is 11.8. The predicted molar refractivity (Wildman–Crippen MR) is 267 cm³/mol. The van der Waals surface area contributed by atoms with Gasteiger partial charge in [0.15, 0.2) is 0 Å². The van der Waals surface area contributed by atoms with Crippen molar-refractivity contribution >= 4 is 33.4 Å². The van der Waals surface area contributed by atoms with Crippen LogP contribution in [0.1, 0.15) is 38.5 Å². The van der Waals surface area contributed by atoms with Gasteiger partial charge in [0.25, 0.3) is 12.7 Å². The number of imidazole rings is 2. The molecule has 0 atom stereocenters. The van der Waals surface area contributed by atoms with Gasteiger partial charge in [0, 0.05) is 62.1 Å². The molecule has 0 spiro atoms. The summed E-state index contributed by atoms with van der Waals surface area (Å²) < 4.78 is 21.5. The van der Waals surface area contributed by atoms with Gasteiger partial charge in [0.1, 0.15) is 23.0 Å². The molecular weight excluding hydrogens is 841 g/mol. The van der Waals surface area contributed by atoms with Crippen LogP contribution in [0, 0.1) is 12.7 Å². The maximum absolute atomic E-state index is 6.52. The van der Waals surface area contributed by atoms with E-state index in [2.05, 4.69) is 160 Å². The van der Waals surface area contributed by atoms with E-state index in [1.807, 2.05) is 60.7 Å². The van der Waals surface area contributed by atoms with Crippen LogP contribution >= 0.6 is 0 Å². The number of para-hydroxylation sites is 4. The molecule has 12 rings (SSSR count). The Balaban J connectivity index is 0.779. The van der Waals surface area contributed by atoms with Gasteiger partial charge >= 0.3 is 0 Å². The number of hydrogen-bond acceptors (Lipinski definition) is 6. The average Bonchev–Trinajstić information content (AvgIpc) is 4.00. The minimum Gasteiger partial charge on any atom is -0.458 e. The number of rotatable bonds is 11. The van der Waals surface area contributed by atoms with Gasteiger partial charge in [-0.1, -0.05) is 72.8 Å². The maximum atomic E-state index is 6.52. The zero-order valence-corrected chi connectivity index (χ0v) is 37.8. The molecule has 10 aromatic rings. The monoisotopic (exact) mass is 890 g/mol. The maximum Gasteiger partial charge on any atom is 0.269 e. The van der Waals surface area contributed by atoms with E-state index >= 15 is 0 Å². The van der Waals surface area contributed by atoms with Gasteiger partial charge in [-0.3, -0.25) is 28.2 Å². The summed E-state index contributed by atoms with van der Waals surface area (Å²) in [5.74, 6) is 2.67. The molecule has 2 fully saturated rings. The molecule has 334 valence electrons. The van der Waals surface area contributed by atoms with Crippen molar-refractivity contribution in [2.75, 3.05) is 36.0 Å². The fraction of sp³-hybridized carbons (Fsp3) is 0.172. The molecule has 2 aliphatic heterocycles. The van der Waals surface area contributed by atoms with E-state index in [-0.39, 0.29) is 0 Å². The molecule has 0 amide bonds. The third-order valence-corrected chi connectivity index (χ3v) is 13.1. The van der Waals surface area contributed by atoms with Crippen molar-refractivity contribution in [1.82, 2.24) is 19.1 Å². The lowest BCUT2D eigenvalue weighted by Gasteiger charge is -2.29. The highest BCUT2D eigenvalue weighted by atomic mass is 16.5. The second kappa shape index (κ2) is 18.2. The fourth-order valence-corrected chi connectivity index (χ4v) is 9.72. The summed E-state index contributed by atoms with van der Waals surface area (Å²) >= 11 is 0. The van der Waals surface area contributed by atoms with Crippen molar-refractivity contribution in [3.8, 4) is 57.1 Å². The summed E-state index contributed by atoms with van der Waals surface area (Å²) in [5.41, 5.74) is 12.1. The molecule has 0 bridgehead atoms. The van der Waals surface area contributed by atoms with Crippen LogP contribution in [-0.2, 0) is 0 Å². The van der Waals surface area contributed by atoms with Crippen molar-refractivity contribution in [1.29, 1.82) is 0 Å². The van der Waals surface area contributed by atoms with E-state index in [1.165, 1.54) is 49.9 Å². The number of piperidine rings is 2. The summed E-state index contributed by atoms with van der Waals surface area (Å²) in [7, 11) is 0. The van der Waals surface area contributed by atoms with Crippen LogP contribution in [0.5, 0.6) is 23.0 Å². The van der Waals surface area contributed by atoms with Crippen molar-refractivity contribution in [3.63, 3.8) is 0 Å². The van der Waals surface area contributed by atoms with Gasteiger partial charge in [0.2, 0.25) is 0 Å². The topological polar surface area (TPSA) is 68.3 Å². The normalized spacial score (nSPS) is 14.1. The number of benzene rings is 6. The number of hydrogen-bond donors (Lipinski definition) is 0. The lowest BCUT2D eigenvalue weighted by Crippen LogP contribution is -2.30. The Morgan fingerprint density at radius 1 is 0.382 bits per heavy atom. The van der Waals surface area contributed by atoms with Crippen molar-refractivity contribution in [2.24, 2.45) is 0 Å². The van der Waals surface area contributed by atoms with Crippen LogP contribution in [0.25, 0.3) is 56.2 Å². The number of aromatic nitrogens is 6. The lowest BCUT2D eigenvalue weighted by atomic mass is 10.1. The zero-order chi connectivity index (χ0) is 45.2. The zero-order valence-electron chi connectivity index (χ0n) is 37.8. The summed E-state index contributed by atoms with van der Waals surface area (Å²) in [5, 5.41) is 0. The first kappa shape index (κ1) is 41.2. The van der Waals surface area contributed by atoms with Crippen LogP contribution < -0.4 is 28.4 Å². The smallest absolute Gasteiger partial charge is 0.269 e. The van der Waals surface area contributed by atoms with Crippen molar-refractivity contribution in [3.05, 3.63) is 195 Å². The van der Waals surface area contributed by atoms with E-state index in [0.717, 1.165) is 71.0 Å². The van der Waals surface area contributed by atoms with Crippen LogP contribution in [0.15, 0.2) is 182 Å². The summed E-state index contributed by atoms with van der Waals surface area (Å²) in [6.07, 6.45) is 18.4. The summed E-state index contributed by atoms with van der Waals surface area (Å²) in [6, 6.07) is 58.2. The van der Waals surface area contributed by atoms with E-state index < -0.39 is 0 Å².